The highest BCUT2D eigenvalue weighted by molar-refractivity contribution is 5.78. The van der Waals surface area contributed by atoms with Gasteiger partial charge in [0.25, 0.3) is 0 Å². The smallest absolute Gasteiger partial charge is 0.323 e. The van der Waals surface area contributed by atoms with E-state index in [4.69, 9.17) is 4.74 Å². The van der Waals surface area contributed by atoms with Gasteiger partial charge in [-0.15, -0.1) is 0 Å². The maximum absolute atomic E-state index is 11.3. The van der Waals surface area contributed by atoms with Crippen molar-refractivity contribution in [1.29, 1.82) is 0 Å². The van der Waals surface area contributed by atoms with Crippen molar-refractivity contribution in [2.45, 2.75) is 45.1 Å². The molecule has 0 radical (unpaired) electrons. The Balaban J connectivity index is 2.25. The average Bonchev–Trinajstić information content (AvgIpc) is 2.40. The van der Waals surface area contributed by atoms with Crippen molar-refractivity contribution < 1.29 is 14.6 Å². The minimum absolute atomic E-state index is 0.661. The second kappa shape index (κ2) is 8.60. The summed E-state index contributed by atoms with van der Waals surface area (Å²) < 4.78 is 5.37. The highest BCUT2D eigenvalue weighted by Gasteiger charge is 2.31. The summed E-state index contributed by atoms with van der Waals surface area (Å²) in [7, 11) is 2.13. The predicted octanol–water partition coefficient (Wildman–Crippen LogP) is 1.58. The SMILES string of the molecule is CCNC(C)(CCCN(C)CC1CCOCC1)C(=O)O. The number of carbonyl (C=O) groups is 1. The van der Waals surface area contributed by atoms with E-state index in [2.05, 4.69) is 17.3 Å². The molecular formula is C15H30N2O3. The molecule has 0 bridgehead atoms. The molecule has 0 amide bonds. The molecule has 1 fully saturated rings. The maximum Gasteiger partial charge on any atom is 0.323 e. The van der Waals surface area contributed by atoms with E-state index in [9.17, 15) is 9.90 Å². The molecule has 2 N–H and O–H groups in total. The first kappa shape index (κ1) is 17.4. The molecule has 1 aliphatic rings. The zero-order chi connectivity index (χ0) is 15.0. The van der Waals surface area contributed by atoms with Crippen LogP contribution in [-0.2, 0) is 9.53 Å². The van der Waals surface area contributed by atoms with Crippen LogP contribution in [0.3, 0.4) is 0 Å². The highest BCUT2D eigenvalue weighted by atomic mass is 16.5. The van der Waals surface area contributed by atoms with Crippen LogP contribution >= 0.6 is 0 Å². The number of likely N-dealkylation sites (N-methyl/N-ethyl adjacent to an activating group) is 1. The topological polar surface area (TPSA) is 61.8 Å². The molecule has 1 atom stereocenters. The fourth-order valence-electron chi connectivity index (χ4n) is 2.82. The van der Waals surface area contributed by atoms with Gasteiger partial charge < -0.3 is 20.1 Å². The quantitative estimate of drug-likeness (QED) is 0.674. The molecule has 0 aliphatic carbocycles. The van der Waals surface area contributed by atoms with E-state index in [-0.39, 0.29) is 0 Å². The van der Waals surface area contributed by atoms with Crippen molar-refractivity contribution in [3.63, 3.8) is 0 Å². The summed E-state index contributed by atoms with van der Waals surface area (Å²) in [5.74, 6) is -0.0280. The molecule has 0 aromatic carbocycles. The average molecular weight is 286 g/mol. The van der Waals surface area contributed by atoms with Crippen LogP contribution in [0.5, 0.6) is 0 Å². The van der Waals surface area contributed by atoms with Crippen molar-refractivity contribution >= 4 is 5.97 Å². The number of carboxylic acids is 1. The standard InChI is InChI=1S/C15H30N2O3/c1-4-16-15(2,14(18)19)8-5-9-17(3)12-13-6-10-20-11-7-13/h13,16H,4-12H2,1-3H3,(H,18,19). The van der Waals surface area contributed by atoms with E-state index in [1.165, 1.54) is 0 Å². The van der Waals surface area contributed by atoms with E-state index in [1.807, 2.05) is 6.92 Å². The summed E-state index contributed by atoms with van der Waals surface area (Å²) in [5, 5.41) is 12.4. The van der Waals surface area contributed by atoms with Crippen LogP contribution in [0.1, 0.15) is 39.5 Å². The van der Waals surface area contributed by atoms with E-state index in [0.29, 0.717) is 13.0 Å². The Labute approximate surface area is 122 Å². The number of hydrogen-bond acceptors (Lipinski definition) is 4. The van der Waals surface area contributed by atoms with Gasteiger partial charge in [0.1, 0.15) is 5.54 Å². The highest BCUT2D eigenvalue weighted by Crippen LogP contribution is 2.17. The molecule has 20 heavy (non-hydrogen) atoms. The van der Waals surface area contributed by atoms with Crippen LogP contribution in [-0.4, -0.2) is 61.4 Å². The summed E-state index contributed by atoms with van der Waals surface area (Å²) in [6.45, 7) is 8.21. The zero-order valence-corrected chi connectivity index (χ0v) is 13.2. The van der Waals surface area contributed by atoms with E-state index in [1.54, 1.807) is 6.92 Å². The number of nitrogens with zero attached hydrogens (tertiary/aromatic N) is 1. The molecule has 0 spiro atoms. The third kappa shape index (κ3) is 5.77. The van der Waals surface area contributed by atoms with Gasteiger partial charge in [-0.05, 0) is 58.7 Å². The van der Waals surface area contributed by atoms with Crippen molar-refractivity contribution in [3.8, 4) is 0 Å². The largest absolute Gasteiger partial charge is 0.480 e. The van der Waals surface area contributed by atoms with E-state index < -0.39 is 11.5 Å². The summed E-state index contributed by atoms with van der Waals surface area (Å²) in [4.78, 5) is 13.6. The molecule has 0 aromatic rings. The van der Waals surface area contributed by atoms with Gasteiger partial charge in [0.15, 0.2) is 0 Å². The lowest BCUT2D eigenvalue weighted by Crippen LogP contribution is -2.49. The Morgan fingerprint density at radius 1 is 1.45 bits per heavy atom. The fraction of sp³-hybridized carbons (Fsp3) is 0.933. The van der Waals surface area contributed by atoms with Gasteiger partial charge in [-0.25, -0.2) is 0 Å². The van der Waals surface area contributed by atoms with E-state index >= 15 is 0 Å². The minimum Gasteiger partial charge on any atom is -0.480 e. The maximum atomic E-state index is 11.3. The van der Waals surface area contributed by atoms with Gasteiger partial charge in [0.2, 0.25) is 0 Å². The van der Waals surface area contributed by atoms with Crippen LogP contribution in [0.15, 0.2) is 0 Å². The molecule has 0 aromatic heterocycles. The molecule has 1 unspecified atom stereocenters. The molecule has 5 heteroatoms. The number of ether oxygens (including phenoxy) is 1. The molecular weight excluding hydrogens is 256 g/mol. The van der Waals surface area contributed by atoms with Crippen LogP contribution in [0.4, 0.5) is 0 Å². The predicted molar refractivity (Wildman–Crippen MR) is 80.0 cm³/mol. The number of nitrogens with one attached hydrogen (secondary N) is 1. The summed E-state index contributed by atoms with van der Waals surface area (Å²) in [6, 6.07) is 0. The van der Waals surface area contributed by atoms with Crippen LogP contribution in [0, 0.1) is 5.92 Å². The number of carboxylic acid groups (broad SMARTS) is 1. The third-order valence-corrected chi connectivity index (χ3v) is 4.17. The van der Waals surface area contributed by atoms with Crippen LogP contribution in [0.2, 0.25) is 0 Å². The summed E-state index contributed by atoms with van der Waals surface area (Å²) >= 11 is 0. The lowest BCUT2D eigenvalue weighted by molar-refractivity contribution is -0.144. The Morgan fingerprint density at radius 3 is 2.65 bits per heavy atom. The number of rotatable bonds is 9. The first-order chi connectivity index (χ1) is 9.48. The minimum atomic E-state index is -0.797. The van der Waals surface area contributed by atoms with Crippen molar-refractivity contribution in [2.24, 2.45) is 5.92 Å². The molecule has 1 saturated heterocycles. The fourth-order valence-corrected chi connectivity index (χ4v) is 2.82. The lowest BCUT2D eigenvalue weighted by atomic mass is 9.95. The van der Waals surface area contributed by atoms with Gasteiger partial charge in [0, 0.05) is 19.8 Å². The molecule has 118 valence electrons. The molecule has 1 aliphatic heterocycles. The van der Waals surface area contributed by atoms with Crippen LogP contribution < -0.4 is 5.32 Å². The first-order valence-corrected chi connectivity index (χ1v) is 7.72. The van der Waals surface area contributed by atoms with Crippen molar-refractivity contribution in [2.75, 3.05) is 39.9 Å². The van der Waals surface area contributed by atoms with Gasteiger partial charge in [-0.3, -0.25) is 4.79 Å². The molecule has 1 rings (SSSR count). The third-order valence-electron chi connectivity index (χ3n) is 4.17. The summed E-state index contributed by atoms with van der Waals surface area (Å²) in [6.07, 6.45) is 3.85. The van der Waals surface area contributed by atoms with Gasteiger partial charge in [-0.1, -0.05) is 6.92 Å². The van der Waals surface area contributed by atoms with E-state index in [0.717, 1.165) is 51.5 Å². The Hall–Kier alpha value is -0.650. The first-order valence-electron chi connectivity index (χ1n) is 7.72. The molecule has 0 saturated carbocycles. The second-order valence-corrected chi connectivity index (χ2v) is 6.09. The lowest BCUT2D eigenvalue weighted by Gasteiger charge is -2.29. The van der Waals surface area contributed by atoms with Crippen molar-refractivity contribution in [1.82, 2.24) is 10.2 Å². The van der Waals surface area contributed by atoms with Gasteiger partial charge >= 0.3 is 5.97 Å². The zero-order valence-electron chi connectivity index (χ0n) is 13.2. The molecule has 5 nitrogen and oxygen atoms in total. The van der Waals surface area contributed by atoms with Crippen LogP contribution in [0.25, 0.3) is 0 Å². The van der Waals surface area contributed by atoms with Gasteiger partial charge in [0.05, 0.1) is 0 Å². The Kier molecular flexibility index (Phi) is 7.48. The second-order valence-electron chi connectivity index (χ2n) is 6.09. The molecule has 1 heterocycles. The Morgan fingerprint density at radius 2 is 2.10 bits per heavy atom. The summed E-state index contributed by atoms with van der Waals surface area (Å²) in [5.41, 5.74) is -0.797. The normalized spacial score (nSPS) is 20.0. The number of hydrogen-bond donors (Lipinski definition) is 2. The van der Waals surface area contributed by atoms with Crippen molar-refractivity contribution in [3.05, 3.63) is 0 Å². The Bertz CT molecular complexity index is 293. The number of aliphatic carboxylic acids is 1. The monoisotopic (exact) mass is 286 g/mol. The van der Waals surface area contributed by atoms with Gasteiger partial charge in [-0.2, -0.15) is 0 Å².